The minimum absolute atomic E-state index is 0.0125. The Bertz CT molecular complexity index is 1450. The van der Waals surface area contributed by atoms with Crippen LogP contribution in [-0.2, 0) is 16.0 Å². The zero-order valence-electron chi connectivity index (χ0n) is 15.6. The molecule has 0 saturated carbocycles. The second-order valence-electron chi connectivity index (χ2n) is 6.38. The number of H-pyrrole nitrogens is 2. The number of imidazole rings is 1. The number of nitrogens with zero attached hydrogens (tertiary/aromatic N) is 2. The second-order valence-corrected chi connectivity index (χ2v) is 8.69. The van der Waals surface area contributed by atoms with E-state index in [2.05, 4.69) is 25.3 Å². The smallest absolute Gasteiger partial charge is 0.327 e. The van der Waals surface area contributed by atoms with Crippen LogP contribution in [0.15, 0.2) is 69.7 Å². The fourth-order valence-electron chi connectivity index (χ4n) is 2.77. The van der Waals surface area contributed by atoms with Crippen LogP contribution >= 0.6 is 11.8 Å². The molecule has 12 heteroatoms. The molecule has 0 bridgehead atoms. The Morgan fingerprint density at radius 1 is 1.16 bits per heavy atom. The molecule has 0 spiro atoms. The van der Waals surface area contributed by atoms with Gasteiger partial charge in [0.05, 0.1) is 11.2 Å². The van der Waals surface area contributed by atoms with Crippen LogP contribution in [0.4, 0.5) is 9.57 Å². The first-order valence-corrected chi connectivity index (χ1v) is 11.2. The summed E-state index contributed by atoms with van der Waals surface area (Å²) in [6.45, 7) is 0. The van der Waals surface area contributed by atoms with Crippen LogP contribution in [0.3, 0.4) is 0 Å². The van der Waals surface area contributed by atoms with Crippen LogP contribution in [0, 0.1) is 0 Å². The molecule has 0 atom stereocenters. The fraction of sp³-hybridized carbons (Fsp3) is 0.0526. The van der Waals surface area contributed by atoms with Crippen molar-refractivity contribution in [3.63, 3.8) is 0 Å². The number of rotatable bonds is 6. The van der Waals surface area contributed by atoms with Crippen molar-refractivity contribution in [2.24, 2.45) is 0 Å². The highest BCUT2D eigenvalue weighted by Gasteiger charge is 2.15. The van der Waals surface area contributed by atoms with E-state index in [-0.39, 0.29) is 11.1 Å². The van der Waals surface area contributed by atoms with E-state index in [1.165, 1.54) is 30.2 Å². The number of carbonyl (C=O) groups is 1. The van der Waals surface area contributed by atoms with Gasteiger partial charge in [0, 0.05) is 17.0 Å². The molecule has 31 heavy (non-hydrogen) atoms. The summed E-state index contributed by atoms with van der Waals surface area (Å²) >= 11 is 1.36. The molecule has 158 valence electrons. The van der Waals surface area contributed by atoms with E-state index in [0.717, 1.165) is 17.7 Å². The number of carbonyl (C=O) groups excluding carboxylic acids is 1. The zero-order chi connectivity index (χ0) is 22.0. The molecule has 0 radical (unpaired) electrons. The van der Waals surface area contributed by atoms with E-state index in [1.54, 1.807) is 18.2 Å². The van der Waals surface area contributed by atoms with Crippen molar-refractivity contribution in [3.8, 4) is 0 Å². The number of aromatic amines is 2. The third-order valence-corrected chi connectivity index (χ3v) is 5.97. The number of hydrogen-bond acceptors (Lipinski definition) is 7. The van der Waals surface area contributed by atoms with Crippen LogP contribution in [0.25, 0.3) is 11.2 Å². The predicted molar refractivity (Wildman–Crippen MR) is 113 cm³/mol. The Kier molecular flexibility index (Phi) is 5.57. The van der Waals surface area contributed by atoms with Gasteiger partial charge in [-0.3, -0.25) is 9.59 Å². The zero-order valence-corrected chi connectivity index (χ0v) is 17.3. The molecule has 0 fully saturated rings. The number of benzene rings is 2. The summed E-state index contributed by atoms with van der Waals surface area (Å²) in [7, 11) is -4.90. The van der Waals surface area contributed by atoms with Gasteiger partial charge in [-0.1, -0.05) is 30.0 Å². The van der Waals surface area contributed by atoms with Crippen molar-refractivity contribution in [2.75, 3.05) is 5.32 Å². The summed E-state index contributed by atoms with van der Waals surface area (Å²) in [5, 5.41) is 3.19. The summed E-state index contributed by atoms with van der Waals surface area (Å²) in [4.78, 5) is 37.2. The lowest BCUT2D eigenvalue weighted by Crippen LogP contribution is -2.12. The highest BCUT2D eigenvalue weighted by molar-refractivity contribution is 7.98. The quantitative estimate of drug-likeness (QED) is 0.298. The monoisotopic (exact) mass is 459 g/mol. The second kappa shape index (κ2) is 8.32. The van der Waals surface area contributed by atoms with Crippen LogP contribution in [0.1, 0.15) is 15.9 Å². The Morgan fingerprint density at radius 2 is 1.97 bits per heavy atom. The van der Waals surface area contributed by atoms with Gasteiger partial charge in [0.1, 0.15) is 0 Å². The Morgan fingerprint density at radius 3 is 2.74 bits per heavy atom. The van der Waals surface area contributed by atoms with Crippen LogP contribution in [0.5, 0.6) is 0 Å². The van der Waals surface area contributed by atoms with E-state index in [0.29, 0.717) is 27.8 Å². The molecule has 0 saturated heterocycles. The van der Waals surface area contributed by atoms with Gasteiger partial charge in [-0.2, -0.15) is 8.42 Å². The highest BCUT2D eigenvalue weighted by atomic mass is 32.3. The normalized spacial score (nSPS) is 11.5. The van der Waals surface area contributed by atoms with Gasteiger partial charge < -0.3 is 15.3 Å². The molecule has 2 aromatic heterocycles. The van der Waals surface area contributed by atoms with Crippen molar-refractivity contribution in [2.45, 2.75) is 15.8 Å². The van der Waals surface area contributed by atoms with Crippen molar-refractivity contribution >= 4 is 44.7 Å². The van der Waals surface area contributed by atoms with Crippen molar-refractivity contribution < 1.29 is 17.1 Å². The summed E-state index contributed by atoms with van der Waals surface area (Å²) in [5.41, 5.74) is 1.68. The number of halogens is 1. The van der Waals surface area contributed by atoms with E-state index in [4.69, 9.17) is 0 Å². The number of thioether (sulfide) groups is 1. The van der Waals surface area contributed by atoms with E-state index in [1.807, 2.05) is 6.07 Å². The summed E-state index contributed by atoms with van der Waals surface area (Å²) in [6.07, 6.45) is 1.28. The molecule has 2 aromatic carbocycles. The Hall–Kier alpha value is -3.51. The third kappa shape index (κ3) is 4.81. The number of hydrogen-bond donors (Lipinski definition) is 3. The molecule has 0 unspecified atom stereocenters. The van der Waals surface area contributed by atoms with Crippen LogP contribution in [-0.4, -0.2) is 34.3 Å². The van der Waals surface area contributed by atoms with E-state index < -0.39 is 21.0 Å². The molecular formula is C19H14FN5O4S2. The maximum atomic E-state index is 13.2. The lowest BCUT2D eigenvalue weighted by molar-refractivity contribution is 0.102. The molecule has 4 rings (SSSR count). The number of fused-ring (bicyclic) bond motifs is 1. The van der Waals surface area contributed by atoms with Crippen molar-refractivity contribution in [1.29, 1.82) is 0 Å². The number of anilines is 1. The van der Waals surface area contributed by atoms with E-state index >= 15 is 0 Å². The van der Waals surface area contributed by atoms with Gasteiger partial charge >= 0.3 is 10.2 Å². The lowest BCUT2D eigenvalue weighted by Gasteiger charge is -2.08. The van der Waals surface area contributed by atoms with Crippen molar-refractivity contribution in [3.05, 3.63) is 76.3 Å². The van der Waals surface area contributed by atoms with Gasteiger partial charge in [-0.15, -0.1) is 3.89 Å². The van der Waals surface area contributed by atoms with Gasteiger partial charge in [0.25, 0.3) is 11.5 Å². The molecule has 0 aliphatic carbocycles. The molecule has 2 heterocycles. The third-order valence-electron chi connectivity index (χ3n) is 4.21. The first kappa shape index (κ1) is 20.8. The SMILES string of the molecule is O=C(Nc1cccc(CSc2nc3nc[nH]c(=O)c3[nH]2)c1)c1cccc(S(=O)(=O)F)c1. The molecule has 1 amide bonds. The maximum absolute atomic E-state index is 13.2. The summed E-state index contributed by atoms with van der Waals surface area (Å²) < 4.78 is 35.3. The number of amides is 1. The summed E-state index contributed by atoms with van der Waals surface area (Å²) in [5.74, 6) is -0.0744. The van der Waals surface area contributed by atoms with Crippen LogP contribution in [0.2, 0.25) is 0 Å². The van der Waals surface area contributed by atoms with Crippen molar-refractivity contribution in [1.82, 2.24) is 19.9 Å². The minimum Gasteiger partial charge on any atom is -0.327 e. The molecule has 0 aliphatic heterocycles. The number of aromatic nitrogens is 4. The summed E-state index contributed by atoms with van der Waals surface area (Å²) in [6, 6.07) is 11.8. The Balaban J connectivity index is 1.46. The fourth-order valence-corrected chi connectivity index (χ4v) is 4.09. The first-order valence-electron chi connectivity index (χ1n) is 8.81. The molecule has 9 nitrogen and oxygen atoms in total. The molecule has 3 N–H and O–H groups in total. The first-order chi connectivity index (χ1) is 14.8. The molecular weight excluding hydrogens is 445 g/mol. The highest BCUT2D eigenvalue weighted by Crippen LogP contribution is 2.23. The van der Waals surface area contributed by atoms with Gasteiger partial charge in [0.2, 0.25) is 0 Å². The van der Waals surface area contributed by atoms with Gasteiger partial charge in [-0.05, 0) is 35.9 Å². The lowest BCUT2D eigenvalue weighted by atomic mass is 10.2. The Labute approximate surface area is 179 Å². The standard InChI is InChI=1S/C19H14FN5O4S2/c20-31(28,29)14-6-2-4-12(8-14)17(26)23-13-5-1-3-11(7-13)9-30-19-24-15-16(25-19)21-10-22-18(15)27/h1-8,10H,9H2,(H,23,26)(H2,21,22,24,25,27). The maximum Gasteiger partial charge on any atom is 0.332 e. The predicted octanol–water partition coefficient (Wildman–Crippen LogP) is 2.85. The van der Waals surface area contributed by atoms with E-state index in [9.17, 15) is 21.9 Å². The van der Waals surface area contributed by atoms with Gasteiger partial charge in [0.15, 0.2) is 16.3 Å². The largest absolute Gasteiger partial charge is 0.332 e. The molecule has 4 aromatic rings. The molecule has 0 aliphatic rings. The minimum atomic E-state index is -4.90. The van der Waals surface area contributed by atoms with Crippen LogP contribution < -0.4 is 10.9 Å². The van der Waals surface area contributed by atoms with Gasteiger partial charge in [-0.25, -0.2) is 9.97 Å². The average Bonchev–Trinajstić information content (AvgIpc) is 3.17. The number of nitrogens with one attached hydrogen (secondary N) is 3. The average molecular weight is 459 g/mol. The topological polar surface area (TPSA) is 138 Å².